The molecule has 1 saturated carbocycles. The highest BCUT2D eigenvalue weighted by atomic mass is 15.2. The van der Waals surface area contributed by atoms with Crippen molar-refractivity contribution in [3.8, 4) is 11.3 Å². The summed E-state index contributed by atoms with van der Waals surface area (Å²) >= 11 is 0. The molecule has 178 valence electrons. The van der Waals surface area contributed by atoms with Gasteiger partial charge in [-0.05, 0) is 74.2 Å². The molecule has 6 N–H and O–H groups in total. The van der Waals surface area contributed by atoms with E-state index >= 15 is 0 Å². The molecular formula is C27H35N7. The minimum absolute atomic E-state index is 0.359. The topological polar surface area (TPSA) is 105 Å². The number of hydrogen-bond acceptors (Lipinski definition) is 7. The number of benzene rings is 1. The number of nitrogens with zero attached hydrogens (tertiary/aromatic N) is 3. The molecule has 2 fully saturated rings. The van der Waals surface area contributed by atoms with Crippen molar-refractivity contribution < 1.29 is 0 Å². The van der Waals surface area contributed by atoms with E-state index in [1.54, 1.807) is 0 Å². The summed E-state index contributed by atoms with van der Waals surface area (Å²) in [5.41, 5.74) is 15.7. The van der Waals surface area contributed by atoms with E-state index in [1.165, 1.54) is 37.8 Å². The van der Waals surface area contributed by atoms with E-state index < -0.39 is 0 Å². The molecule has 5 rings (SSSR count). The van der Waals surface area contributed by atoms with Gasteiger partial charge in [-0.1, -0.05) is 18.9 Å². The highest BCUT2D eigenvalue weighted by Crippen LogP contribution is 2.27. The molecule has 1 aromatic carbocycles. The lowest BCUT2D eigenvalue weighted by atomic mass is 9.89. The largest absolute Gasteiger partial charge is 0.399 e. The van der Waals surface area contributed by atoms with Gasteiger partial charge in [-0.15, -0.1) is 0 Å². The summed E-state index contributed by atoms with van der Waals surface area (Å²) < 4.78 is 0. The summed E-state index contributed by atoms with van der Waals surface area (Å²) in [5.74, 6) is 1.42. The first kappa shape index (κ1) is 22.5. The molecule has 0 amide bonds. The lowest BCUT2D eigenvalue weighted by Gasteiger charge is -2.40. The average molecular weight is 458 g/mol. The van der Waals surface area contributed by atoms with E-state index in [0.29, 0.717) is 23.9 Å². The van der Waals surface area contributed by atoms with E-state index in [1.807, 2.05) is 42.6 Å². The van der Waals surface area contributed by atoms with Gasteiger partial charge in [-0.25, -0.2) is 9.97 Å². The molecule has 3 heterocycles. The Morgan fingerprint density at radius 3 is 2.53 bits per heavy atom. The number of nitrogens with two attached hydrogens (primary N) is 2. The smallest absolute Gasteiger partial charge is 0.126 e. The normalized spacial score (nSPS) is 22.9. The molecule has 0 unspecified atom stereocenters. The van der Waals surface area contributed by atoms with E-state index in [2.05, 4.69) is 43.7 Å². The zero-order chi connectivity index (χ0) is 23.3. The Hall–Kier alpha value is -3.32. The van der Waals surface area contributed by atoms with Gasteiger partial charge < -0.3 is 27.0 Å². The van der Waals surface area contributed by atoms with Crippen LogP contribution in [-0.4, -0.2) is 41.2 Å². The maximum atomic E-state index is 5.88. The maximum absolute atomic E-state index is 5.88. The van der Waals surface area contributed by atoms with Gasteiger partial charge in [0.2, 0.25) is 0 Å². The predicted octanol–water partition coefficient (Wildman–Crippen LogP) is 4.29. The van der Waals surface area contributed by atoms with Crippen LogP contribution in [-0.2, 0) is 0 Å². The van der Waals surface area contributed by atoms with Crippen molar-refractivity contribution in [1.29, 1.82) is 0 Å². The average Bonchev–Trinajstić information content (AvgIpc) is 2.86. The monoisotopic (exact) mass is 457 g/mol. The minimum atomic E-state index is 0.359. The van der Waals surface area contributed by atoms with Gasteiger partial charge in [0.05, 0.1) is 5.69 Å². The summed E-state index contributed by atoms with van der Waals surface area (Å²) in [7, 11) is 0. The van der Waals surface area contributed by atoms with Gasteiger partial charge in [0.1, 0.15) is 11.6 Å². The highest BCUT2D eigenvalue weighted by molar-refractivity contribution is 5.64. The molecule has 3 aromatic rings. The van der Waals surface area contributed by atoms with Gasteiger partial charge in [0.15, 0.2) is 0 Å². The quantitative estimate of drug-likeness (QED) is 0.409. The first-order valence-corrected chi connectivity index (χ1v) is 12.5. The van der Waals surface area contributed by atoms with Crippen molar-refractivity contribution in [2.45, 2.75) is 56.7 Å². The van der Waals surface area contributed by atoms with Crippen LogP contribution in [0, 0.1) is 0 Å². The molecule has 1 aliphatic carbocycles. The number of pyridine rings is 2. The van der Waals surface area contributed by atoms with Gasteiger partial charge in [0, 0.05) is 54.4 Å². The second-order valence-corrected chi connectivity index (χ2v) is 9.56. The van der Waals surface area contributed by atoms with Crippen molar-refractivity contribution in [2.24, 2.45) is 0 Å². The zero-order valence-corrected chi connectivity index (χ0v) is 19.7. The molecule has 34 heavy (non-hydrogen) atoms. The number of rotatable bonds is 6. The van der Waals surface area contributed by atoms with Crippen molar-refractivity contribution in [1.82, 2.24) is 15.3 Å². The van der Waals surface area contributed by atoms with Crippen LogP contribution in [0.5, 0.6) is 0 Å². The molecule has 7 heteroatoms. The number of piperidine rings is 1. The molecule has 2 aromatic heterocycles. The van der Waals surface area contributed by atoms with E-state index in [9.17, 15) is 0 Å². The first-order valence-electron chi connectivity index (χ1n) is 12.5. The van der Waals surface area contributed by atoms with Gasteiger partial charge in [-0.2, -0.15) is 0 Å². The minimum Gasteiger partial charge on any atom is -0.399 e. The van der Waals surface area contributed by atoms with Crippen LogP contribution in [0.3, 0.4) is 0 Å². The lowest BCUT2D eigenvalue weighted by molar-refractivity contribution is 0.293. The number of aromatic nitrogens is 2. The van der Waals surface area contributed by atoms with Crippen LogP contribution in [0.25, 0.3) is 11.3 Å². The Morgan fingerprint density at radius 1 is 0.882 bits per heavy atom. The summed E-state index contributed by atoms with van der Waals surface area (Å²) in [4.78, 5) is 11.5. The Bertz CT molecular complexity index is 1080. The SMILES string of the molecule is Nc1ccc(N2CCC[C@H](N[C@@H]3CCCC[C@H]3Nc3cc(-c4cccc(N)n4)ccn3)C2)cc1. The van der Waals surface area contributed by atoms with Gasteiger partial charge >= 0.3 is 0 Å². The summed E-state index contributed by atoms with van der Waals surface area (Å²) in [6.45, 7) is 2.13. The van der Waals surface area contributed by atoms with E-state index in [-0.39, 0.29) is 0 Å². The maximum Gasteiger partial charge on any atom is 0.126 e. The van der Waals surface area contributed by atoms with Crippen LogP contribution < -0.4 is 27.0 Å². The van der Waals surface area contributed by atoms with Crippen LogP contribution in [0.1, 0.15) is 38.5 Å². The lowest BCUT2D eigenvalue weighted by Crippen LogP contribution is -2.54. The molecule has 3 atom stereocenters. The number of hydrogen-bond donors (Lipinski definition) is 4. The van der Waals surface area contributed by atoms with E-state index in [4.69, 9.17) is 11.5 Å². The fourth-order valence-electron chi connectivity index (χ4n) is 5.31. The molecule has 7 nitrogen and oxygen atoms in total. The van der Waals surface area contributed by atoms with Gasteiger partial charge in [0.25, 0.3) is 0 Å². The Labute approximate surface area is 202 Å². The van der Waals surface area contributed by atoms with Crippen molar-refractivity contribution >= 4 is 23.0 Å². The van der Waals surface area contributed by atoms with Crippen molar-refractivity contribution in [2.75, 3.05) is 34.8 Å². The fourth-order valence-corrected chi connectivity index (χ4v) is 5.31. The number of nitrogen functional groups attached to an aromatic ring is 2. The fraction of sp³-hybridized carbons (Fsp3) is 0.407. The molecule has 1 saturated heterocycles. The third-order valence-electron chi connectivity index (χ3n) is 7.05. The predicted molar refractivity (Wildman–Crippen MR) is 141 cm³/mol. The number of anilines is 4. The zero-order valence-electron chi connectivity index (χ0n) is 19.7. The molecule has 2 aliphatic rings. The van der Waals surface area contributed by atoms with Crippen molar-refractivity contribution in [3.63, 3.8) is 0 Å². The second kappa shape index (κ2) is 10.3. The molecule has 0 radical (unpaired) electrons. The first-order chi connectivity index (χ1) is 16.6. The second-order valence-electron chi connectivity index (χ2n) is 9.56. The third kappa shape index (κ3) is 5.42. The number of nitrogens with one attached hydrogen (secondary N) is 2. The summed E-state index contributed by atoms with van der Waals surface area (Å²) in [6, 6.07) is 19.3. The van der Waals surface area contributed by atoms with Crippen LogP contribution in [0.4, 0.5) is 23.0 Å². The Morgan fingerprint density at radius 2 is 1.71 bits per heavy atom. The van der Waals surface area contributed by atoms with Crippen molar-refractivity contribution in [3.05, 3.63) is 60.8 Å². The van der Waals surface area contributed by atoms with Crippen LogP contribution in [0.15, 0.2) is 60.8 Å². The summed E-state index contributed by atoms with van der Waals surface area (Å²) in [6.07, 6.45) is 9.10. The molecule has 1 aliphatic heterocycles. The molecular weight excluding hydrogens is 422 g/mol. The van der Waals surface area contributed by atoms with E-state index in [0.717, 1.165) is 42.3 Å². The molecule has 0 spiro atoms. The third-order valence-corrected chi connectivity index (χ3v) is 7.05. The highest BCUT2D eigenvalue weighted by Gasteiger charge is 2.29. The Kier molecular flexibility index (Phi) is 6.81. The van der Waals surface area contributed by atoms with Gasteiger partial charge in [-0.3, -0.25) is 0 Å². The van der Waals surface area contributed by atoms with Crippen LogP contribution >= 0.6 is 0 Å². The Balaban J connectivity index is 1.25. The standard InChI is InChI=1S/C27H35N7/c28-20-10-12-22(13-11-20)34-16-4-5-21(18-34)31-24-6-1-2-7-25(24)33-27-17-19(14-15-30-27)23-8-3-9-26(29)32-23/h3,8-15,17,21,24-25,31H,1-2,4-7,16,18,28H2,(H2,29,32)(H,30,33)/t21-,24+,25+/m0/s1. The summed E-state index contributed by atoms with van der Waals surface area (Å²) in [5, 5.41) is 7.74. The molecule has 0 bridgehead atoms. The van der Waals surface area contributed by atoms with Crippen LogP contribution in [0.2, 0.25) is 0 Å².